The Bertz CT molecular complexity index is 434. The van der Waals surface area contributed by atoms with Crippen LogP contribution < -0.4 is 5.32 Å². The zero-order valence-corrected chi connectivity index (χ0v) is 13.7. The van der Waals surface area contributed by atoms with Crippen molar-refractivity contribution in [2.75, 3.05) is 19.7 Å². The molecular weight excluding hydrogens is 262 g/mol. The van der Waals surface area contributed by atoms with Gasteiger partial charge in [-0.1, -0.05) is 20.8 Å². The van der Waals surface area contributed by atoms with Crippen molar-refractivity contribution in [1.82, 2.24) is 15.3 Å². The maximum absolute atomic E-state index is 5.52. The van der Waals surface area contributed by atoms with E-state index in [1.807, 2.05) is 6.20 Å². The van der Waals surface area contributed by atoms with Crippen LogP contribution in [0.3, 0.4) is 0 Å². The van der Waals surface area contributed by atoms with E-state index in [1.54, 1.807) is 0 Å². The van der Waals surface area contributed by atoms with Crippen LogP contribution >= 0.6 is 0 Å². The molecule has 1 aliphatic rings. The Morgan fingerprint density at radius 2 is 2.29 bits per heavy atom. The molecule has 0 bridgehead atoms. The lowest BCUT2D eigenvalue weighted by Crippen LogP contribution is -2.30. The van der Waals surface area contributed by atoms with Crippen LogP contribution in [0.25, 0.3) is 0 Å². The molecule has 0 saturated carbocycles. The second-order valence-electron chi connectivity index (χ2n) is 6.47. The number of hydrogen-bond donors (Lipinski definition) is 1. The Hall–Kier alpha value is -1.00. The van der Waals surface area contributed by atoms with Crippen LogP contribution in [0.15, 0.2) is 6.20 Å². The minimum atomic E-state index is 0.542. The molecule has 1 atom stereocenters. The van der Waals surface area contributed by atoms with E-state index < -0.39 is 0 Å². The molecule has 1 aromatic heterocycles. The van der Waals surface area contributed by atoms with Crippen LogP contribution in [0.1, 0.15) is 50.7 Å². The maximum Gasteiger partial charge on any atom is 0.154 e. The lowest BCUT2D eigenvalue weighted by atomic mass is 9.87. The highest BCUT2D eigenvalue weighted by atomic mass is 16.5. The van der Waals surface area contributed by atoms with Gasteiger partial charge in [-0.2, -0.15) is 0 Å². The molecule has 1 aromatic rings. The molecule has 118 valence electrons. The van der Waals surface area contributed by atoms with Gasteiger partial charge in [-0.25, -0.2) is 9.97 Å². The average molecular weight is 291 g/mol. The van der Waals surface area contributed by atoms with E-state index in [2.05, 4.69) is 36.1 Å². The molecule has 0 spiro atoms. The predicted octanol–water partition coefficient (Wildman–Crippen LogP) is 2.75. The molecule has 0 amide bonds. The van der Waals surface area contributed by atoms with Gasteiger partial charge in [0, 0.05) is 18.5 Å². The number of hydrogen-bond acceptors (Lipinski definition) is 4. The first-order valence-corrected chi connectivity index (χ1v) is 8.31. The molecule has 4 nitrogen and oxygen atoms in total. The molecule has 21 heavy (non-hydrogen) atoms. The van der Waals surface area contributed by atoms with Gasteiger partial charge in [0.2, 0.25) is 0 Å². The highest BCUT2D eigenvalue weighted by molar-refractivity contribution is 5.21. The Morgan fingerprint density at radius 1 is 1.43 bits per heavy atom. The Labute approximate surface area is 128 Å². The summed E-state index contributed by atoms with van der Waals surface area (Å²) in [5.74, 6) is 2.27. The van der Waals surface area contributed by atoms with Crippen molar-refractivity contribution in [3.63, 3.8) is 0 Å². The van der Waals surface area contributed by atoms with Crippen molar-refractivity contribution >= 4 is 0 Å². The molecule has 1 aliphatic carbocycles. The van der Waals surface area contributed by atoms with Gasteiger partial charge >= 0.3 is 0 Å². The third-order valence-electron chi connectivity index (χ3n) is 3.87. The van der Waals surface area contributed by atoms with E-state index >= 15 is 0 Å². The van der Waals surface area contributed by atoms with Crippen LogP contribution in [0, 0.1) is 11.8 Å². The van der Waals surface area contributed by atoms with E-state index in [9.17, 15) is 0 Å². The van der Waals surface area contributed by atoms with Crippen LogP contribution in [0.2, 0.25) is 0 Å². The van der Waals surface area contributed by atoms with Gasteiger partial charge in [-0.3, -0.25) is 0 Å². The monoisotopic (exact) mass is 291 g/mol. The molecular formula is C17H29N3O. The first kappa shape index (κ1) is 16.4. The van der Waals surface area contributed by atoms with Gasteiger partial charge in [0.05, 0.1) is 0 Å². The zero-order chi connectivity index (χ0) is 15.1. The Kier molecular flexibility index (Phi) is 6.58. The van der Waals surface area contributed by atoms with E-state index in [0.29, 0.717) is 6.61 Å². The lowest BCUT2D eigenvalue weighted by Gasteiger charge is -2.24. The maximum atomic E-state index is 5.52. The normalized spacial score (nSPS) is 18.0. The third-order valence-corrected chi connectivity index (χ3v) is 3.87. The Balaban J connectivity index is 1.84. The molecule has 1 heterocycles. The number of aromatic nitrogens is 2. The number of ether oxygens (including phenoxy) is 1. The highest BCUT2D eigenvalue weighted by Crippen LogP contribution is 2.23. The summed E-state index contributed by atoms with van der Waals surface area (Å²) in [6.07, 6.45) is 6.46. The minimum Gasteiger partial charge on any atom is -0.373 e. The van der Waals surface area contributed by atoms with Gasteiger partial charge in [-0.15, -0.1) is 0 Å². The van der Waals surface area contributed by atoms with Crippen molar-refractivity contribution in [1.29, 1.82) is 0 Å². The summed E-state index contributed by atoms with van der Waals surface area (Å²) < 4.78 is 5.52. The first-order chi connectivity index (χ1) is 10.2. The standard InChI is InChI=1S/C17H29N3O/c1-4-7-21-12-17-19-11-15-8-14(5-6-16(15)20-17)10-18-9-13(2)3/h11,13-14,18H,4-10,12H2,1-3H3. The SMILES string of the molecule is CCCOCc1ncc2c(n1)CCC(CNCC(C)C)C2. The number of aryl methyl sites for hydroxylation is 1. The van der Waals surface area contributed by atoms with E-state index in [1.165, 1.54) is 17.7 Å². The largest absolute Gasteiger partial charge is 0.373 e. The number of nitrogens with zero attached hydrogens (tertiary/aromatic N) is 2. The van der Waals surface area contributed by atoms with Crippen molar-refractivity contribution in [2.24, 2.45) is 11.8 Å². The third kappa shape index (κ3) is 5.36. The van der Waals surface area contributed by atoms with Crippen LogP contribution in [-0.4, -0.2) is 29.7 Å². The van der Waals surface area contributed by atoms with E-state index in [-0.39, 0.29) is 0 Å². The highest BCUT2D eigenvalue weighted by Gasteiger charge is 2.20. The molecule has 2 rings (SSSR count). The first-order valence-electron chi connectivity index (χ1n) is 8.31. The summed E-state index contributed by atoms with van der Waals surface area (Å²) in [6, 6.07) is 0. The summed E-state index contributed by atoms with van der Waals surface area (Å²) in [6.45, 7) is 10.1. The van der Waals surface area contributed by atoms with Crippen molar-refractivity contribution in [2.45, 2.75) is 53.1 Å². The Morgan fingerprint density at radius 3 is 3.05 bits per heavy atom. The van der Waals surface area contributed by atoms with Gasteiger partial charge in [-0.05, 0) is 56.2 Å². The fraction of sp³-hybridized carbons (Fsp3) is 0.765. The summed E-state index contributed by atoms with van der Waals surface area (Å²) in [5.41, 5.74) is 2.57. The second kappa shape index (κ2) is 8.44. The molecule has 4 heteroatoms. The summed E-state index contributed by atoms with van der Waals surface area (Å²) in [5, 5.41) is 3.57. The average Bonchev–Trinajstić information content (AvgIpc) is 2.47. The lowest BCUT2D eigenvalue weighted by molar-refractivity contribution is 0.115. The van der Waals surface area contributed by atoms with Crippen LogP contribution in [-0.2, 0) is 24.2 Å². The minimum absolute atomic E-state index is 0.542. The molecule has 0 aromatic carbocycles. The number of fused-ring (bicyclic) bond motifs is 1. The van der Waals surface area contributed by atoms with Gasteiger partial charge in [0.15, 0.2) is 5.82 Å². The fourth-order valence-corrected chi connectivity index (χ4v) is 2.75. The fourth-order valence-electron chi connectivity index (χ4n) is 2.75. The van der Waals surface area contributed by atoms with Crippen LogP contribution in [0.4, 0.5) is 0 Å². The van der Waals surface area contributed by atoms with Crippen LogP contribution in [0.5, 0.6) is 0 Å². The van der Waals surface area contributed by atoms with E-state index in [0.717, 1.165) is 56.6 Å². The molecule has 0 fully saturated rings. The quantitative estimate of drug-likeness (QED) is 0.748. The number of rotatable bonds is 8. The molecule has 0 aliphatic heterocycles. The van der Waals surface area contributed by atoms with Gasteiger partial charge in [0.25, 0.3) is 0 Å². The molecule has 0 radical (unpaired) electrons. The van der Waals surface area contributed by atoms with Crippen molar-refractivity contribution in [3.05, 3.63) is 23.3 Å². The molecule has 1 N–H and O–H groups in total. The summed E-state index contributed by atoms with van der Waals surface area (Å²) in [7, 11) is 0. The van der Waals surface area contributed by atoms with Gasteiger partial charge in [0.1, 0.15) is 6.61 Å². The topological polar surface area (TPSA) is 47.0 Å². The molecule has 0 saturated heterocycles. The van der Waals surface area contributed by atoms with E-state index in [4.69, 9.17) is 4.74 Å². The van der Waals surface area contributed by atoms with Crippen molar-refractivity contribution < 1.29 is 4.74 Å². The summed E-state index contributed by atoms with van der Waals surface area (Å²) in [4.78, 5) is 9.12. The predicted molar refractivity (Wildman–Crippen MR) is 85.2 cm³/mol. The molecule has 1 unspecified atom stereocenters. The smallest absolute Gasteiger partial charge is 0.154 e. The second-order valence-corrected chi connectivity index (χ2v) is 6.47. The van der Waals surface area contributed by atoms with Gasteiger partial charge < -0.3 is 10.1 Å². The summed E-state index contributed by atoms with van der Waals surface area (Å²) >= 11 is 0. The number of nitrogens with one attached hydrogen (secondary N) is 1. The zero-order valence-electron chi connectivity index (χ0n) is 13.7. The van der Waals surface area contributed by atoms with Crippen molar-refractivity contribution in [3.8, 4) is 0 Å².